The molecule has 0 saturated carbocycles. The van der Waals surface area contributed by atoms with Crippen LogP contribution in [0.4, 0.5) is 0 Å². The van der Waals surface area contributed by atoms with Crippen LogP contribution in [0.5, 0.6) is 0 Å². The molecule has 0 radical (unpaired) electrons. The summed E-state index contributed by atoms with van der Waals surface area (Å²) in [5.41, 5.74) is 6.50. The second kappa shape index (κ2) is 2.65. The molecule has 0 spiro atoms. The van der Waals surface area contributed by atoms with Gasteiger partial charge in [0.05, 0.1) is 6.07 Å². The topological polar surface area (TPSA) is 49.8 Å². The van der Waals surface area contributed by atoms with Crippen LogP contribution in [0.1, 0.15) is 19.3 Å². The molecule has 1 rings (SSSR count). The Morgan fingerprint density at radius 1 is 1.78 bits per heavy atom. The summed E-state index contributed by atoms with van der Waals surface area (Å²) in [6.07, 6.45) is 4.66. The molecule has 2 N–H and O–H groups in total. The normalized spacial score (nSPS) is 26.7. The number of nitrogens with two attached hydrogens (primary N) is 1. The first-order valence-corrected chi connectivity index (χ1v) is 3.17. The van der Waals surface area contributed by atoms with E-state index in [1.165, 1.54) is 0 Å². The first-order chi connectivity index (χ1) is 4.33. The molecule has 0 aromatic heterocycles. The maximum atomic E-state index is 8.42. The highest BCUT2D eigenvalue weighted by molar-refractivity contribution is 5.22. The van der Waals surface area contributed by atoms with E-state index in [2.05, 4.69) is 6.07 Å². The summed E-state index contributed by atoms with van der Waals surface area (Å²) < 4.78 is 0. The van der Waals surface area contributed by atoms with Crippen LogP contribution in [-0.4, -0.2) is 6.04 Å². The van der Waals surface area contributed by atoms with Gasteiger partial charge in [0.1, 0.15) is 0 Å². The van der Waals surface area contributed by atoms with Crippen LogP contribution in [0, 0.1) is 11.3 Å². The zero-order chi connectivity index (χ0) is 6.69. The van der Waals surface area contributed by atoms with E-state index in [4.69, 9.17) is 11.0 Å². The predicted octanol–water partition coefficient (Wildman–Crippen LogP) is 0.948. The summed E-state index contributed by atoms with van der Waals surface area (Å²) in [7, 11) is 0. The van der Waals surface area contributed by atoms with Crippen molar-refractivity contribution in [2.45, 2.75) is 25.3 Å². The zero-order valence-corrected chi connectivity index (χ0v) is 5.30. The maximum Gasteiger partial charge on any atom is 0.0943 e. The van der Waals surface area contributed by atoms with E-state index in [0.29, 0.717) is 6.04 Å². The number of hydrogen-bond acceptors (Lipinski definition) is 2. The Bertz CT molecular complexity index is 164. The molecule has 0 aromatic rings. The quantitative estimate of drug-likeness (QED) is 0.520. The molecule has 9 heavy (non-hydrogen) atoms. The van der Waals surface area contributed by atoms with Crippen molar-refractivity contribution in [2.75, 3.05) is 0 Å². The standard InChI is InChI=1S/C7H10N2/c8-5-6-1-3-7(9)4-2-6/h1,7H,2-4,9H2. The second-order valence-corrected chi connectivity index (χ2v) is 2.38. The van der Waals surface area contributed by atoms with Gasteiger partial charge in [-0.25, -0.2) is 0 Å². The largest absolute Gasteiger partial charge is 0.327 e. The monoisotopic (exact) mass is 122 g/mol. The van der Waals surface area contributed by atoms with E-state index in [1.54, 1.807) is 0 Å². The molecule has 48 valence electrons. The van der Waals surface area contributed by atoms with Gasteiger partial charge in [-0.3, -0.25) is 0 Å². The Kier molecular flexibility index (Phi) is 1.86. The Hall–Kier alpha value is -0.810. The SMILES string of the molecule is N#CC1=CCC(N)CC1. The lowest BCUT2D eigenvalue weighted by Gasteiger charge is -2.13. The molecule has 1 unspecified atom stereocenters. The van der Waals surface area contributed by atoms with E-state index in [-0.39, 0.29) is 0 Å². The lowest BCUT2D eigenvalue weighted by Crippen LogP contribution is -2.21. The number of rotatable bonds is 0. The maximum absolute atomic E-state index is 8.42. The average molecular weight is 122 g/mol. The molecule has 0 bridgehead atoms. The first kappa shape index (κ1) is 6.31. The highest BCUT2D eigenvalue weighted by Gasteiger charge is 2.08. The fourth-order valence-electron chi connectivity index (χ4n) is 0.956. The Balaban J connectivity index is 2.53. The Morgan fingerprint density at radius 2 is 2.56 bits per heavy atom. The smallest absolute Gasteiger partial charge is 0.0943 e. The molecule has 0 saturated heterocycles. The third-order valence-electron chi connectivity index (χ3n) is 1.60. The minimum absolute atomic E-state index is 0.294. The van der Waals surface area contributed by atoms with Crippen LogP contribution in [-0.2, 0) is 0 Å². The van der Waals surface area contributed by atoms with Crippen LogP contribution in [0.25, 0.3) is 0 Å². The van der Waals surface area contributed by atoms with Crippen LogP contribution in [0.3, 0.4) is 0 Å². The lowest BCUT2D eigenvalue weighted by atomic mass is 9.97. The molecule has 2 heteroatoms. The van der Waals surface area contributed by atoms with Gasteiger partial charge in [-0.2, -0.15) is 5.26 Å². The minimum Gasteiger partial charge on any atom is -0.327 e. The summed E-state index contributed by atoms with van der Waals surface area (Å²) in [4.78, 5) is 0. The third-order valence-corrected chi connectivity index (χ3v) is 1.60. The van der Waals surface area contributed by atoms with Gasteiger partial charge in [-0.1, -0.05) is 6.08 Å². The lowest BCUT2D eigenvalue weighted by molar-refractivity contribution is 0.597. The fraction of sp³-hybridized carbons (Fsp3) is 0.571. The van der Waals surface area contributed by atoms with Crippen molar-refractivity contribution in [1.29, 1.82) is 5.26 Å². The van der Waals surface area contributed by atoms with E-state index >= 15 is 0 Å². The van der Waals surface area contributed by atoms with Crippen molar-refractivity contribution >= 4 is 0 Å². The summed E-state index contributed by atoms with van der Waals surface area (Å²) >= 11 is 0. The van der Waals surface area contributed by atoms with Crippen molar-refractivity contribution < 1.29 is 0 Å². The van der Waals surface area contributed by atoms with Gasteiger partial charge in [0, 0.05) is 11.6 Å². The highest BCUT2D eigenvalue weighted by Crippen LogP contribution is 2.15. The summed E-state index contributed by atoms with van der Waals surface area (Å²) in [5.74, 6) is 0. The fourth-order valence-corrected chi connectivity index (χ4v) is 0.956. The molecule has 1 aliphatic rings. The van der Waals surface area contributed by atoms with Gasteiger partial charge >= 0.3 is 0 Å². The average Bonchev–Trinajstić information content (AvgIpc) is 1.90. The molecule has 2 nitrogen and oxygen atoms in total. The number of nitriles is 1. The molecule has 0 aliphatic heterocycles. The summed E-state index contributed by atoms with van der Waals surface area (Å²) in [6, 6.07) is 2.42. The number of allylic oxidation sites excluding steroid dienone is 1. The van der Waals surface area contributed by atoms with Crippen LogP contribution in [0.2, 0.25) is 0 Å². The molecule has 0 fully saturated rings. The van der Waals surface area contributed by atoms with Crippen molar-refractivity contribution in [2.24, 2.45) is 5.73 Å². The van der Waals surface area contributed by atoms with Gasteiger partial charge in [0.25, 0.3) is 0 Å². The molecular formula is C7H10N2. The Labute approximate surface area is 55.0 Å². The molecule has 1 aliphatic carbocycles. The molecule has 1 atom stereocenters. The first-order valence-electron chi connectivity index (χ1n) is 3.17. The second-order valence-electron chi connectivity index (χ2n) is 2.38. The number of nitrogens with zero attached hydrogens (tertiary/aromatic N) is 1. The summed E-state index contributed by atoms with van der Waals surface area (Å²) in [6.45, 7) is 0. The Morgan fingerprint density at radius 3 is 3.00 bits per heavy atom. The van der Waals surface area contributed by atoms with Crippen LogP contribution < -0.4 is 5.73 Å². The highest BCUT2D eigenvalue weighted by atomic mass is 14.6. The molecule has 0 amide bonds. The third kappa shape index (κ3) is 1.55. The van der Waals surface area contributed by atoms with Gasteiger partial charge in [-0.15, -0.1) is 0 Å². The zero-order valence-electron chi connectivity index (χ0n) is 5.30. The molecular weight excluding hydrogens is 112 g/mol. The van der Waals surface area contributed by atoms with Gasteiger partial charge in [-0.05, 0) is 19.3 Å². The van der Waals surface area contributed by atoms with Crippen molar-refractivity contribution in [3.8, 4) is 6.07 Å². The van der Waals surface area contributed by atoms with Crippen LogP contribution in [0.15, 0.2) is 11.6 Å². The van der Waals surface area contributed by atoms with Gasteiger partial charge in [0.15, 0.2) is 0 Å². The molecule has 0 heterocycles. The number of hydrogen-bond donors (Lipinski definition) is 1. The van der Waals surface area contributed by atoms with Gasteiger partial charge < -0.3 is 5.73 Å². The minimum atomic E-state index is 0.294. The van der Waals surface area contributed by atoms with E-state index in [9.17, 15) is 0 Å². The predicted molar refractivity (Wildman–Crippen MR) is 35.5 cm³/mol. The summed E-state index contributed by atoms with van der Waals surface area (Å²) in [5, 5.41) is 8.42. The van der Waals surface area contributed by atoms with Crippen molar-refractivity contribution in [3.05, 3.63) is 11.6 Å². The van der Waals surface area contributed by atoms with E-state index < -0.39 is 0 Å². The van der Waals surface area contributed by atoms with E-state index in [0.717, 1.165) is 24.8 Å². The van der Waals surface area contributed by atoms with Crippen molar-refractivity contribution in [1.82, 2.24) is 0 Å². The molecule has 0 aromatic carbocycles. The van der Waals surface area contributed by atoms with Gasteiger partial charge in [0.2, 0.25) is 0 Å². The van der Waals surface area contributed by atoms with Crippen molar-refractivity contribution in [3.63, 3.8) is 0 Å². The van der Waals surface area contributed by atoms with E-state index in [1.807, 2.05) is 6.08 Å². The van der Waals surface area contributed by atoms with Crippen LogP contribution >= 0.6 is 0 Å².